The summed E-state index contributed by atoms with van der Waals surface area (Å²) in [5.74, 6) is 2.01. The fourth-order valence-corrected chi connectivity index (χ4v) is 1.25. The zero-order valence-corrected chi connectivity index (χ0v) is 8.77. The molecule has 0 saturated heterocycles. The molecule has 0 aliphatic rings. The number of rotatable bonds is 3. The van der Waals surface area contributed by atoms with Crippen LogP contribution in [0.25, 0.3) is 0 Å². The zero-order chi connectivity index (χ0) is 11.4. The minimum Gasteiger partial charge on any atom is -0.444 e. The average Bonchev–Trinajstić information content (AvgIpc) is 2.73. The Morgan fingerprint density at radius 1 is 1.50 bits per heavy atom. The summed E-state index contributed by atoms with van der Waals surface area (Å²) in [6, 6.07) is 5.38. The van der Waals surface area contributed by atoms with Gasteiger partial charge in [-0.15, -0.1) is 0 Å². The summed E-state index contributed by atoms with van der Waals surface area (Å²) in [6.07, 6.45) is 3.25. The van der Waals surface area contributed by atoms with Crippen LogP contribution in [-0.2, 0) is 6.54 Å². The highest BCUT2D eigenvalue weighted by Crippen LogP contribution is 2.08. The fraction of sp³-hybridized carbons (Fsp3) is 0.182. The molecule has 16 heavy (non-hydrogen) atoms. The van der Waals surface area contributed by atoms with Crippen molar-refractivity contribution >= 4 is 5.82 Å². The van der Waals surface area contributed by atoms with Gasteiger partial charge in [0.2, 0.25) is 5.89 Å². The molecule has 0 radical (unpaired) electrons. The molecule has 5 nitrogen and oxygen atoms in total. The molecule has 5 heteroatoms. The molecule has 80 valence electrons. The Labute approximate surface area is 92.8 Å². The Morgan fingerprint density at radius 3 is 3.06 bits per heavy atom. The number of oxazole rings is 1. The molecular weight excluding hydrogens is 204 g/mol. The highest BCUT2D eigenvalue weighted by atomic mass is 16.4. The summed E-state index contributed by atoms with van der Waals surface area (Å²) in [7, 11) is 0. The lowest BCUT2D eigenvalue weighted by Crippen LogP contribution is -2.01. The average molecular weight is 214 g/mol. The minimum absolute atomic E-state index is 0.454. The van der Waals surface area contributed by atoms with Gasteiger partial charge in [-0.05, 0) is 19.1 Å². The van der Waals surface area contributed by atoms with Crippen LogP contribution in [0.3, 0.4) is 0 Å². The number of anilines is 1. The number of hydrogen-bond donors (Lipinski definition) is 1. The van der Waals surface area contributed by atoms with E-state index >= 15 is 0 Å². The first kappa shape index (κ1) is 10.2. The van der Waals surface area contributed by atoms with Crippen molar-refractivity contribution in [3.63, 3.8) is 0 Å². The third-order valence-electron chi connectivity index (χ3n) is 1.98. The molecule has 0 aliphatic heterocycles. The minimum atomic E-state index is 0.454. The lowest BCUT2D eigenvalue weighted by molar-refractivity contribution is 0.479. The summed E-state index contributed by atoms with van der Waals surface area (Å²) in [4.78, 5) is 8.13. The molecule has 2 aromatic rings. The normalized spacial score (nSPS) is 9.75. The summed E-state index contributed by atoms with van der Waals surface area (Å²) in [5, 5.41) is 11.7. The predicted molar refractivity (Wildman–Crippen MR) is 57.5 cm³/mol. The Balaban J connectivity index is 2.02. The van der Waals surface area contributed by atoms with E-state index in [1.807, 2.05) is 6.92 Å². The van der Waals surface area contributed by atoms with Crippen LogP contribution in [0.5, 0.6) is 0 Å². The molecule has 0 spiro atoms. The largest absolute Gasteiger partial charge is 0.444 e. The maximum atomic E-state index is 8.71. The van der Waals surface area contributed by atoms with Crippen molar-refractivity contribution in [2.24, 2.45) is 0 Å². The lowest BCUT2D eigenvalue weighted by atomic mass is 10.3. The number of nitriles is 1. The van der Waals surface area contributed by atoms with Crippen molar-refractivity contribution < 1.29 is 4.42 Å². The van der Waals surface area contributed by atoms with Gasteiger partial charge < -0.3 is 9.73 Å². The number of aryl methyl sites for hydroxylation is 1. The summed E-state index contributed by atoms with van der Waals surface area (Å²) in [5.41, 5.74) is 0.570. The Hall–Kier alpha value is -2.35. The summed E-state index contributed by atoms with van der Waals surface area (Å²) < 4.78 is 5.30. The molecule has 2 heterocycles. The van der Waals surface area contributed by atoms with Crippen molar-refractivity contribution in [3.05, 3.63) is 41.7 Å². The second kappa shape index (κ2) is 4.45. The van der Waals surface area contributed by atoms with Crippen LogP contribution >= 0.6 is 0 Å². The van der Waals surface area contributed by atoms with E-state index in [-0.39, 0.29) is 0 Å². The maximum absolute atomic E-state index is 8.71. The predicted octanol–water partition coefficient (Wildman–Crippen LogP) is 1.86. The topological polar surface area (TPSA) is 74.7 Å². The zero-order valence-electron chi connectivity index (χ0n) is 8.77. The third kappa shape index (κ3) is 2.36. The van der Waals surface area contributed by atoms with Gasteiger partial charge in [-0.2, -0.15) is 5.26 Å². The Kier molecular flexibility index (Phi) is 2.83. The summed E-state index contributed by atoms with van der Waals surface area (Å²) >= 11 is 0. The molecule has 0 amide bonds. The smallest absolute Gasteiger partial charge is 0.213 e. The van der Waals surface area contributed by atoms with Gasteiger partial charge in [0.15, 0.2) is 0 Å². The van der Waals surface area contributed by atoms with Gasteiger partial charge in [-0.25, -0.2) is 9.97 Å². The first-order chi connectivity index (χ1) is 7.78. The van der Waals surface area contributed by atoms with E-state index < -0.39 is 0 Å². The number of aromatic nitrogens is 2. The van der Waals surface area contributed by atoms with E-state index in [1.54, 1.807) is 24.5 Å². The van der Waals surface area contributed by atoms with E-state index in [0.717, 1.165) is 5.76 Å². The first-order valence-corrected chi connectivity index (χ1v) is 4.79. The van der Waals surface area contributed by atoms with Crippen LogP contribution in [0.1, 0.15) is 17.2 Å². The molecule has 0 aromatic carbocycles. The molecule has 0 aliphatic carbocycles. The van der Waals surface area contributed by atoms with Crippen molar-refractivity contribution in [2.75, 3.05) is 5.32 Å². The molecule has 2 aromatic heterocycles. The third-order valence-corrected chi connectivity index (χ3v) is 1.98. The van der Waals surface area contributed by atoms with Crippen LogP contribution in [-0.4, -0.2) is 9.97 Å². The summed E-state index contributed by atoms with van der Waals surface area (Å²) in [6.45, 7) is 2.29. The van der Waals surface area contributed by atoms with Gasteiger partial charge in [0.25, 0.3) is 0 Å². The van der Waals surface area contributed by atoms with Gasteiger partial charge in [-0.3, -0.25) is 0 Å². The highest BCUT2D eigenvalue weighted by molar-refractivity contribution is 5.42. The van der Waals surface area contributed by atoms with Crippen LogP contribution < -0.4 is 5.32 Å². The van der Waals surface area contributed by atoms with Gasteiger partial charge in [0, 0.05) is 6.20 Å². The molecule has 0 unspecified atom stereocenters. The second-order valence-electron chi connectivity index (χ2n) is 3.26. The molecular formula is C11H10N4O. The standard InChI is InChI=1S/C11H10N4O/c1-8-6-15-11(16-8)7-14-10-4-9(5-12)2-3-13-10/h2-4,6H,7H2,1H3,(H,13,14). The van der Waals surface area contributed by atoms with Gasteiger partial charge in [0.05, 0.1) is 24.4 Å². The van der Waals surface area contributed by atoms with E-state index in [1.165, 1.54) is 0 Å². The monoisotopic (exact) mass is 214 g/mol. The number of hydrogen-bond acceptors (Lipinski definition) is 5. The second-order valence-corrected chi connectivity index (χ2v) is 3.26. The van der Waals surface area contributed by atoms with E-state index in [4.69, 9.17) is 9.68 Å². The SMILES string of the molecule is Cc1cnc(CNc2cc(C#N)ccn2)o1. The number of pyridine rings is 1. The van der Waals surface area contributed by atoms with Crippen LogP contribution in [0, 0.1) is 18.3 Å². The van der Waals surface area contributed by atoms with E-state index in [0.29, 0.717) is 23.8 Å². The van der Waals surface area contributed by atoms with E-state index in [2.05, 4.69) is 21.4 Å². The highest BCUT2D eigenvalue weighted by Gasteiger charge is 2.01. The van der Waals surface area contributed by atoms with Crippen molar-refractivity contribution in [1.82, 2.24) is 9.97 Å². The molecule has 0 saturated carbocycles. The fourth-order valence-electron chi connectivity index (χ4n) is 1.25. The van der Waals surface area contributed by atoms with Gasteiger partial charge in [0.1, 0.15) is 11.6 Å². The van der Waals surface area contributed by atoms with Crippen LogP contribution in [0.2, 0.25) is 0 Å². The number of nitrogens with one attached hydrogen (secondary N) is 1. The van der Waals surface area contributed by atoms with Crippen molar-refractivity contribution in [1.29, 1.82) is 5.26 Å². The van der Waals surface area contributed by atoms with Gasteiger partial charge in [-0.1, -0.05) is 0 Å². The lowest BCUT2D eigenvalue weighted by Gasteiger charge is -2.02. The van der Waals surface area contributed by atoms with Crippen molar-refractivity contribution in [3.8, 4) is 6.07 Å². The molecule has 0 atom stereocenters. The molecule has 2 rings (SSSR count). The quantitative estimate of drug-likeness (QED) is 0.844. The van der Waals surface area contributed by atoms with E-state index in [9.17, 15) is 0 Å². The van der Waals surface area contributed by atoms with Crippen molar-refractivity contribution in [2.45, 2.75) is 13.5 Å². The Bertz CT molecular complexity index is 527. The number of nitrogens with zero attached hydrogens (tertiary/aromatic N) is 3. The molecule has 0 bridgehead atoms. The molecule has 1 N–H and O–H groups in total. The van der Waals surface area contributed by atoms with Crippen LogP contribution in [0.4, 0.5) is 5.82 Å². The van der Waals surface area contributed by atoms with Gasteiger partial charge >= 0.3 is 0 Å². The first-order valence-electron chi connectivity index (χ1n) is 4.79. The molecule has 0 fully saturated rings. The Morgan fingerprint density at radius 2 is 2.38 bits per heavy atom. The van der Waals surface area contributed by atoms with Crippen LogP contribution in [0.15, 0.2) is 28.9 Å². The maximum Gasteiger partial charge on any atom is 0.213 e.